The van der Waals surface area contributed by atoms with E-state index in [1.807, 2.05) is 0 Å². The lowest BCUT2D eigenvalue weighted by Crippen LogP contribution is -2.80. The van der Waals surface area contributed by atoms with Crippen molar-refractivity contribution >= 4 is 41.1 Å². The molecule has 1 amide bonds. The average Bonchev–Trinajstić information content (AvgIpc) is 2.92. The van der Waals surface area contributed by atoms with Gasteiger partial charge < -0.3 is 37.4 Å². The van der Waals surface area contributed by atoms with Crippen molar-refractivity contribution in [2.75, 3.05) is 33.1 Å². The lowest BCUT2D eigenvalue weighted by Gasteiger charge is -2.58. The molecule has 4 atom stereocenters. The number of Topliss-reactive ketones (excluding diaryl/α,β-unsaturated/α-hetero) is 2. The summed E-state index contributed by atoms with van der Waals surface area (Å²) in [5.74, 6) is -6.36. The highest BCUT2D eigenvalue weighted by Crippen LogP contribution is 2.59. The van der Waals surface area contributed by atoms with Gasteiger partial charge in [-0.25, -0.2) is 4.39 Å². The van der Waals surface area contributed by atoms with E-state index in [0.717, 1.165) is 0 Å². The Morgan fingerprint density at radius 1 is 1.09 bits per heavy atom. The minimum atomic E-state index is -2.75. The number of phenols is 1. The Bertz CT molecular complexity index is 1820. The molecule has 1 saturated carbocycles. The Labute approximate surface area is 258 Å². The molecular formula is C32H33FN6O6. The van der Waals surface area contributed by atoms with Crippen LogP contribution in [0.4, 0.5) is 10.1 Å². The molecule has 0 radical (unpaired) electrons. The minimum absolute atomic E-state index is 0.128. The Morgan fingerprint density at radius 2 is 1.71 bits per heavy atom. The third-order valence-electron chi connectivity index (χ3n) is 9.06. The van der Waals surface area contributed by atoms with Crippen LogP contribution in [0.3, 0.4) is 0 Å². The maximum absolute atomic E-state index is 14.6. The van der Waals surface area contributed by atoms with Crippen molar-refractivity contribution in [2.24, 2.45) is 22.6 Å². The molecule has 0 aliphatic heterocycles. The smallest absolute Gasteiger partial charge is 0.255 e. The number of amides is 1. The van der Waals surface area contributed by atoms with Gasteiger partial charge in [0, 0.05) is 25.3 Å². The quantitative estimate of drug-likeness (QED) is 0.207. The van der Waals surface area contributed by atoms with Crippen LogP contribution in [0.5, 0.6) is 5.75 Å². The number of nitriles is 1. The van der Waals surface area contributed by atoms with Crippen LogP contribution < -0.4 is 22.1 Å². The van der Waals surface area contributed by atoms with Gasteiger partial charge in [0.05, 0.1) is 34.3 Å². The predicted molar refractivity (Wildman–Crippen MR) is 164 cm³/mol. The Hall–Kier alpha value is -5.03. The Kier molecular flexibility index (Phi) is 7.16. The van der Waals surface area contributed by atoms with Crippen molar-refractivity contribution in [1.29, 1.82) is 5.26 Å². The number of aliphatic hydroxyl groups is 2. The van der Waals surface area contributed by atoms with Gasteiger partial charge >= 0.3 is 0 Å². The maximum Gasteiger partial charge on any atom is 0.255 e. The highest BCUT2D eigenvalue weighted by Gasteiger charge is 2.74. The number of anilines is 1. The molecule has 1 fully saturated rings. The fourth-order valence-corrected chi connectivity index (χ4v) is 7.19. The first kappa shape index (κ1) is 31.4. The summed E-state index contributed by atoms with van der Waals surface area (Å²) in [5, 5.41) is 45.2. The van der Waals surface area contributed by atoms with E-state index in [1.165, 1.54) is 43.3 Å². The van der Waals surface area contributed by atoms with Crippen molar-refractivity contribution in [3.63, 3.8) is 0 Å². The highest BCUT2D eigenvalue weighted by atomic mass is 19.1. The summed E-state index contributed by atoms with van der Waals surface area (Å²) in [6, 6.07) is 7.55. The van der Waals surface area contributed by atoms with E-state index in [0.29, 0.717) is 16.8 Å². The van der Waals surface area contributed by atoms with Crippen LogP contribution in [-0.4, -0.2) is 83.0 Å². The van der Waals surface area contributed by atoms with Crippen LogP contribution in [0.15, 0.2) is 47.2 Å². The summed E-state index contributed by atoms with van der Waals surface area (Å²) in [4.78, 5) is 43.5. The van der Waals surface area contributed by atoms with Crippen LogP contribution in [0.2, 0.25) is 0 Å². The number of carbonyl (C=O) groups is 3. The van der Waals surface area contributed by atoms with Gasteiger partial charge in [0.2, 0.25) is 0 Å². The molecule has 234 valence electrons. The average molecular weight is 617 g/mol. The first-order valence-corrected chi connectivity index (χ1v) is 13.9. The number of hydrogen-bond donors (Lipinski definition) is 6. The molecule has 0 unspecified atom stereocenters. The molecule has 12 nitrogen and oxygen atoms in total. The SMILES string of the molecule is CN(C)c1cc(/C=C/c2ccc(F)cc2)c(O)c2c1C[C@@]1(N)C[C@@]3(N)[C@H](N(C)C)C(=O)C(C(N)=O)=C(O)[C@@]3(C#N)C(=O)C1=C2O. The van der Waals surface area contributed by atoms with Gasteiger partial charge in [0.25, 0.3) is 5.91 Å². The number of carbonyl (C=O) groups excluding carboxylic acids is 3. The molecule has 3 aliphatic carbocycles. The zero-order chi connectivity index (χ0) is 33.4. The number of rotatable bonds is 5. The first-order chi connectivity index (χ1) is 21.0. The molecule has 0 bridgehead atoms. The van der Waals surface area contributed by atoms with Crippen molar-refractivity contribution in [1.82, 2.24) is 4.90 Å². The van der Waals surface area contributed by atoms with Crippen LogP contribution in [0.25, 0.3) is 17.9 Å². The van der Waals surface area contributed by atoms with Gasteiger partial charge in [0.15, 0.2) is 17.0 Å². The van der Waals surface area contributed by atoms with Crippen LogP contribution >= 0.6 is 0 Å². The normalized spacial score (nSPS) is 27.8. The van der Waals surface area contributed by atoms with Crippen LogP contribution in [0.1, 0.15) is 28.7 Å². The largest absolute Gasteiger partial charge is 0.509 e. The van der Waals surface area contributed by atoms with Crippen LogP contribution in [0, 0.1) is 22.6 Å². The molecule has 0 saturated heterocycles. The maximum atomic E-state index is 14.6. The summed E-state index contributed by atoms with van der Waals surface area (Å²) >= 11 is 0. The molecule has 0 aromatic heterocycles. The number of nitrogens with zero attached hydrogens (tertiary/aromatic N) is 3. The molecule has 0 spiro atoms. The van der Waals surface area contributed by atoms with Gasteiger partial charge in [-0.15, -0.1) is 0 Å². The van der Waals surface area contributed by atoms with E-state index in [2.05, 4.69) is 0 Å². The van der Waals surface area contributed by atoms with Gasteiger partial charge in [-0.3, -0.25) is 19.3 Å². The topological polar surface area (TPSA) is 220 Å². The molecule has 5 rings (SSSR count). The standard InChI is InChI=1S/C32H33FN6O6/c1-38(2)19-11-16(8-5-15-6-9-17(33)10-7-15)23(40)20-18(19)12-30(36)13-32(37)26(39(3)4)25(42)21(29(35)45)27(43)31(32,14-34)28(44)22(30)24(20)41/h5-11,26,40-41,43H,12-13,36-37H2,1-4H3,(H2,35,45)/b8-5+/t26-,30-,31+,32-/m1/s1. The van der Waals surface area contributed by atoms with Gasteiger partial charge in [-0.1, -0.05) is 24.3 Å². The number of phenolic OH excluding ortho intramolecular Hbond substituents is 1. The molecule has 3 aliphatic rings. The second-order valence-corrected chi connectivity index (χ2v) is 12.2. The highest BCUT2D eigenvalue weighted by molar-refractivity contribution is 6.25. The van der Waals surface area contributed by atoms with Crippen LogP contribution in [-0.2, 0) is 20.8 Å². The number of halogens is 1. The number of primary amides is 1. The Morgan fingerprint density at radius 3 is 2.24 bits per heavy atom. The fraction of sp³-hybridized carbons (Fsp3) is 0.312. The second kappa shape index (κ2) is 10.3. The van der Waals surface area contributed by atoms with E-state index in [4.69, 9.17) is 17.2 Å². The number of hydrogen-bond acceptors (Lipinski definition) is 11. The van der Waals surface area contributed by atoms with Gasteiger partial charge in [-0.2, -0.15) is 5.26 Å². The molecule has 2 aromatic carbocycles. The predicted octanol–water partition coefficient (Wildman–Crippen LogP) is 1.28. The zero-order valence-corrected chi connectivity index (χ0v) is 25.1. The van der Waals surface area contributed by atoms with Gasteiger partial charge in [-0.05, 0) is 56.3 Å². The first-order valence-electron chi connectivity index (χ1n) is 13.9. The van der Waals surface area contributed by atoms with Crippen molar-refractivity contribution in [3.05, 3.63) is 75.3 Å². The number of likely N-dealkylation sites (N-methyl/N-ethyl adjacent to an activating group) is 1. The molecule has 9 N–H and O–H groups in total. The molecule has 2 aromatic rings. The third-order valence-corrected chi connectivity index (χ3v) is 9.06. The minimum Gasteiger partial charge on any atom is -0.509 e. The second-order valence-electron chi connectivity index (χ2n) is 12.2. The molecule has 13 heteroatoms. The number of benzene rings is 2. The van der Waals surface area contributed by atoms with E-state index < -0.39 is 80.7 Å². The van der Waals surface area contributed by atoms with E-state index in [9.17, 15) is 39.4 Å². The van der Waals surface area contributed by atoms with Crippen molar-refractivity contribution in [3.8, 4) is 11.8 Å². The third kappa shape index (κ3) is 4.17. The fourth-order valence-electron chi connectivity index (χ4n) is 7.19. The lowest BCUT2D eigenvalue weighted by atomic mass is 9.47. The summed E-state index contributed by atoms with van der Waals surface area (Å²) in [6.07, 6.45) is 2.53. The number of fused-ring (bicyclic) bond motifs is 3. The number of ketones is 2. The summed E-state index contributed by atoms with van der Waals surface area (Å²) in [7, 11) is 6.37. The molecular weight excluding hydrogens is 583 g/mol. The monoisotopic (exact) mass is 616 g/mol. The zero-order valence-electron chi connectivity index (χ0n) is 25.1. The summed E-state index contributed by atoms with van der Waals surface area (Å²) in [5.41, 5.74) is 12.7. The molecule has 45 heavy (non-hydrogen) atoms. The summed E-state index contributed by atoms with van der Waals surface area (Å²) in [6.45, 7) is 0. The van der Waals surface area contributed by atoms with Crippen molar-refractivity contribution < 1.29 is 34.1 Å². The van der Waals surface area contributed by atoms with E-state index in [-0.39, 0.29) is 17.5 Å². The number of aliphatic hydroxyl groups excluding tert-OH is 2. The molecule has 0 heterocycles. The van der Waals surface area contributed by atoms with Gasteiger partial charge in [0.1, 0.15) is 28.7 Å². The van der Waals surface area contributed by atoms with E-state index in [1.54, 1.807) is 43.3 Å². The number of aromatic hydroxyl groups is 1. The van der Waals surface area contributed by atoms with Crippen molar-refractivity contribution in [2.45, 2.75) is 30.0 Å². The Balaban J connectivity index is 1.81. The summed E-state index contributed by atoms with van der Waals surface area (Å²) < 4.78 is 13.4. The van der Waals surface area contributed by atoms with E-state index >= 15 is 0 Å². The number of nitrogens with two attached hydrogens (primary N) is 3. The lowest BCUT2D eigenvalue weighted by molar-refractivity contribution is -0.139.